The first-order valence-electron chi connectivity index (χ1n) is 8.38. The maximum absolute atomic E-state index is 6.03. The highest BCUT2D eigenvalue weighted by molar-refractivity contribution is 5.18. The molecular weight excluding hydrogens is 258 g/mol. The van der Waals surface area contributed by atoms with Gasteiger partial charge in [-0.1, -0.05) is 37.3 Å². The van der Waals surface area contributed by atoms with Gasteiger partial charge in [-0.2, -0.15) is 0 Å². The molecule has 118 valence electrons. The average Bonchev–Trinajstić information content (AvgIpc) is 3.04. The number of likely N-dealkylation sites (N-methyl/N-ethyl adjacent to an activating group) is 1. The number of likely N-dealkylation sites (tertiary alicyclic amines) is 1. The van der Waals surface area contributed by atoms with Crippen molar-refractivity contribution in [2.45, 2.75) is 38.1 Å². The zero-order valence-electron chi connectivity index (χ0n) is 13.7. The molecule has 21 heavy (non-hydrogen) atoms. The largest absolute Gasteiger partial charge is 0.329 e. The van der Waals surface area contributed by atoms with Crippen LogP contribution in [0.4, 0.5) is 0 Å². The van der Waals surface area contributed by atoms with Crippen molar-refractivity contribution in [2.75, 3.05) is 39.8 Å². The summed E-state index contributed by atoms with van der Waals surface area (Å²) in [5.41, 5.74) is 7.45. The minimum absolute atomic E-state index is 0.475. The van der Waals surface area contributed by atoms with E-state index in [1.54, 1.807) is 0 Å². The number of hydrogen-bond donors (Lipinski definition) is 1. The van der Waals surface area contributed by atoms with Gasteiger partial charge in [0.2, 0.25) is 0 Å². The molecule has 1 saturated heterocycles. The molecular formula is C18H31N3. The molecule has 1 aliphatic heterocycles. The quantitative estimate of drug-likeness (QED) is 0.798. The molecule has 0 spiro atoms. The van der Waals surface area contributed by atoms with Crippen molar-refractivity contribution in [3.63, 3.8) is 0 Å². The first kappa shape index (κ1) is 16.5. The predicted octanol–water partition coefficient (Wildman–Crippen LogP) is 2.54. The molecule has 1 aromatic rings. The van der Waals surface area contributed by atoms with E-state index in [1.165, 1.54) is 38.0 Å². The van der Waals surface area contributed by atoms with Gasteiger partial charge in [0.15, 0.2) is 0 Å². The number of hydrogen-bond acceptors (Lipinski definition) is 3. The summed E-state index contributed by atoms with van der Waals surface area (Å²) in [6, 6.07) is 11.3. The van der Waals surface area contributed by atoms with E-state index in [1.807, 2.05) is 0 Å². The van der Waals surface area contributed by atoms with Crippen molar-refractivity contribution >= 4 is 0 Å². The fraction of sp³-hybridized carbons (Fsp3) is 0.667. The van der Waals surface area contributed by atoms with E-state index >= 15 is 0 Å². The monoisotopic (exact) mass is 289 g/mol. The fourth-order valence-corrected chi connectivity index (χ4v) is 3.27. The molecule has 0 amide bonds. The zero-order chi connectivity index (χ0) is 15.1. The molecule has 2 unspecified atom stereocenters. The van der Waals surface area contributed by atoms with Crippen molar-refractivity contribution in [1.29, 1.82) is 0 Å². The van der Waals surface area contributed by atoms with Crippen molar-refractivity contribution in [3.05, 3.63) is 35.9 Å². The van der Waals surface area contributed by atoms with Gasteiger partial charge in [0.05, 0.1) is 0 Å². The van der Waals surface area contributed by atoms with Gasteiger partial charge in [-0.15, -0.1) is 0 Å². The van der Waals surface area contributed by atoms with Crippen molar-refractivity contribution in [3.8, 4) is 0 Å². The maximum atomic E-state index is 6.03. The lowest BCUT2D eigenvalue weighted by atomic mass is 9.93. The summed E-state index contributed by atoms with van der Waals surface area (Å²) < 4.78 is 0. The van der Waals surface area contributed by atoms with Crippen LogP contribution < -0.4 is 5.73 Å². The Hall–Kier alpha value is -0.900. The third kappa shape index (κ3) is 5.10. The van der Waals surface area contributed by atoms with Gasteiger partial charge in [-0.25, -0.2) is 0 Å². The zero-order valence-corrected chi connectivity index (χ0v) is 13.7. The highest BCUT2D eigenvalue weighted by Crippen LogP contribution is 2.21. The molecule has 1 heterocycles. The molecule has 1 aliphatic rings. The van der Waals surface area contributed by atoms with E-state index < -0.39 is 0 Å². The van der Waals surface area contributed by atoms with Crippen LogP contribution in [0.3, 0.4) is 0 Å². The minimum Gasteiger partial charge on any atom is -0.329 e. The SMILES string of the molecule is CC(CC(CN)N(C)CCN1CCCC1)c1ccccc1. The number of nitrogens with zero attached hydrogens (tertiary/aromatic N) is 2. The van der Waals surface area contributed by atoms with Crippen LogP contribution >= 0.6 is 0 Å². The predicted molar refractivity (Wildman–Crippen MR) is 90.6 cm³/mol. The molecule has 0 bridgehead atoms. The van der Waals surface area contributed by atoms with E-state index in [0.29, 0.717) is 12.0 Å². The molecule has 0 aliphatic carbocycles. The summed E-state index contributed by atoms with van der Waals surface area (Å²) in [7, 11) is 2.23. The normalized spacial score (nSPS) is 19.0. The molecule has 1 fully saturated rings. The first-order valence-corrected chi connectivity index (χ1v) is 8.38. The van der Waals surface area contributed by atoms with Crippen LogP contribution in [0.25, 0.3) is 0 Å². The van der Waals surface area contributed by atoms with Gasteiger partial charge < -0.3 is 15.5 Å². The summed E-state index contributed by atoms with van der Waals surface area (Å²) in [6.45, 7) is 7.93. The van der Waals surface area contributed by atoms with E-state index in [0.717, 1.165) is 19.5 Å². The van der Waals surface area contributed by atoms with E-state index in [-0.39, 0.29) is 0 Å². The summed E-state index contributed by atoms with van der Waals surface area (Å²) >= 11 is 0. The lowest BCUT2D eigenvalue weighted by Gasteiger charge is -2.30. The number of benzene rings is 1. The van der Waals surface area contributed by atoms with Crippen LogP contribution in [-0.4, -0.2) is 55.6 Å². The third-order valence-corrected chi connectivity index (χ3v) is 4.86. The molecule has 2 atom stereocenters. The Morgan fingerprint density at radius 3 is 2.48 bits per heavy atom. The average molecular weight is 289 g/mol. The summed E-state index contributed by atoms with van der Waals surface area (Å²) in [5, 5.41) is 0. The molecule has 0 saturated carbocycles. The minimum atomic E-state index is 0.475. The smallest absolute Gasteiger partial charge is 0.0221 e. The Bertz CT molecular complexity index is 387. The highest BCUT2D eigenvalue weighted by atomic mass is 15.2. The second kappa shape index (κ2) is 8.52. The summed E-state index contributed by atoms with van der Waals surface area (Å²) in [6.07, 6.45) is 3.88. The van der Waals surface area contributed by atoms with Crippen molar-refractivity contribution in [1.82, 2.24) is 9.80 Å². The lowest BCUT2D eigenvalue weighted by molar-refractivity contribution is 0.195. The molecule has 1 aromatic carbocycles. The van der Waals surface area contributed by atoms with Crippen LogP contribution in [-0.2, 0) is 0 Å². The molecule has 3 heteroatoms. The Kier molecular flexibility index (Phi) is 6.68. The van der Waals surface area contributed by atoms with Crippen molar-refractivity contribution < 1.29 is 0 Å². The second-order valence-electron chi connectivity index (χ2n) is 6.47. The Morgan fingerprint density at radius 2 is 1.86 bits per heavy atom. The van der Waals surface area contributed by atoms with Crippen LogP contribution in [0, 0.1) is 0 Å². The van der Waals surface area contributed by atoms with Crippen LogP contribution in [0.2, 0.25) is 0 Å². The first-order chi connectivity index (χ1) is 10.2. The summed E-state index contributed by atoms with van der Waals surface area (Å²) in [4.78, 5) is 5.03. The fourth-order valence-electron chi connectivity index (χ4n) is 3.27. The number of nitrogens with two attached hydrogens (primary N) is 1. The van der Waals surface area contributed by atoms with Gasteiger partial charge in [0, 0.05) is 25.7 Å². The Morgan fingerprint density at radius 1 is 1.19 bits per heavy atom. The summed E-state index contributed by atoms with van der Waals surface area (Å²) in [5.74, 6) is 0.564. The Balaban J connectivity index is 1.80. The molecule has 3 nitrogen and oxygen atoms in total. The van der Waals surface area contributed by atoms with Crippen molar-refractivity contribution in [2.24, 2.45) is 5.73 Å². The van der Waals surface area contributed by atoms with Gasteiger partial charge in [0.25, 0.3) is 0 Å². The van der Waals surface area contributed by atoms with Crippen LogP contribution in [0.15, 0.2) is 30.3 Å². The van der Waals surface area contributed by atoms with Gasteiger partial charge in [0.1, 0.15) is 0 Å². The van der Waals surface area contributed by atoms with E-state index in [2.05, 4.69) is 54.1 Å². The maximum Gasteiger partial charge on any atom is 0.0221 e. The lowest BCUT2D eigenvalue weighted by Crippen LogP contribution is -2.42. The standard InChI is InChI=1S/C18H31N3/c1-16(17-8-4-3-5-9-17)14-18(15-19)20(2)12-13-21-10-6-7-11-21/h3-5,8-9,16,18H,6-7,10-15,19H2,1-2H3. The van der Waals surface area contributed by atoms with Crippen LogP contribution in [0.5, 0.6) is 0 Å². The second-order valence-corrected chi connectivity index (χ2v) is 6.47. The van der Waals surface area contributed by atoms with E-state index in [4.69, 9.17) is 5.73 Å². The number of rotatable bonds is 8. The third-order valence-electron chi connectivity index (χ3n) is 4.86. The van der Waals surface area contributed by atoms with Gasteiger partial charge in [-0.05, 0) is 50.9 Å². The van der Waals surface area contributed by atoms with Crippen LogP contribution in [0.1, 0.15) is 37.7 Å². The highest BCUT2D eigenvalue weighted by Gasteiger charge is 2.19. The Labute approximate surface area is 130 Å². The van der Waals surface area contributed by atoms with E-state index in [9.17, 15) is 0 Å². The topological polar surface area (TPSA) is 32.5 Å². The van der Waals surface area contributed by atoms with Gasteiger partial charge in [-0.3, -0.25) is 0 Å². The molecule has 2 rings (SSSR count). The molecule has 0 radical (unpaired) electrons. The molecule has 2 N–H and O–H groups in total. The van der Waals surface area contributed by atoms with Gasteiger partial charge >= 0.3 is 0 Å². The molecule has 0 aromatic heterocycles.